The number of hydrogen-bond donors (Lipinski definition) is 0. The van der Waals surface area contributed by atoms with Crippen LogP contribution < -0.4 is 0 Å². The van der Waals surface area contributed by atoms with Gasteiger partial charge in [0.15, 0.2) is 0 Å². The first-order valence-electron chi connectivity index (χ1n) is 8.90. The van der Waals surface area contributed by atoms with Crippen molar-refractivity contribution in [2.45, 2.75) is 79.1 Å². The lowest BCUT2D eigenvalue weighted by Crippen LogP contribution is -2.06. The van der Waals surface area contributed by atoms with Crippen molar-refractivity contribution >= 4 is 11.9 Å². The van der Waals surface area contributed by atoms with E-state index in [1.807, 2.05) is 0 Å². The number of carbonyl (C=O) groups excluding carboxylic acids is 2. The Bertz CT molecular complexity index is 273. The van der Waals surface area contributed by atoms with E-state index in [1.54, 1.807) is 13.8 Å². The molecule has 0 spiro atoms. The van der Waals surface area contributed by atoms with Gasteiger partial charge in [-0.05, 0) is 51.4 Å². The van der Waals surface area contributed by atoms with Gasteiger partial charge in [-0.2, -0.15) is 0 Å². The maximum Gasteiger partial charge on any atom is 0.305 e. The van der Waals surface area contributed by atoms with E-state index < -0.39 is 0 Å². The van der Waals surface area contributed by atoms with Gasteiger partial charge in [-0.15, -0.1) is 0 Å². The molecule has 0 aromatic rings. The Morgan fingerprint density at radius 2 is 1.27 bits per heavy atom. The molecule has 0 amide bonds. The Morgan fingerprint density at radius 1 is 0.864 bits per heavy atom. The van der Waals surface area contributed by atoms with Crippen LogP contribution in [0.3, 0.4) is 0 Å². The fourth-order valence-corrected chi connectivity index (χ4v) is 2.53. The van der Waals surface area contributed by atoms with Gasteiger partial charge < -0.3 is 9.47 Å². The summed E-state index contributed by atoms with van der Waals surface area (Å²) in [5, 5.41) is 0. The minimum Gasteiger partial charge on any atom is -0.466 e. The number of carbonyl (C=O) groups is 2. The maximum atomic E-state index is 10.9. The molecule has 0 aromatic carbocycles. The van der Waals surface area contributed by atoms with E-state index in [2.05, 4.69) is 13.8 Å². The highest BCUT2D eigenvalue weighted by atomic mass is 16.5. The Kier molecular flexibility index (Phi) is 12.9. The van der Waals surface area contributed by atoms with Crippen LogP contribution in [0.5, 0.6) is 0 Å². The van der Waals surface area contributed by atoms with Crippen LogP contribution in [0, 0.1) is 11.8 Å². The van der Waals surface area contributed by atoms with E-state index in [-0.39, 0.29) is 11.9 Å². The SMILES string of the molecule is CCC(CC)C1CC1.CCOC(=O)CCCCC(=O)OCC. The van der Waals surface area contributed by atoms with Crippen molar-refractivity contribution in [3.63, 3.8) is 0 Å². The molecule has 1 rings (SSSR count). The van der Waals surface area contributed by atoms with E-state index in [0.29, 0.717) is 38.9 Å². The van der Waals surface area contributed by atoms with Crippen molar-refractivity contribution in [1.82, 2.24) is 0 Å². The third-order valence-electron chi connectivity index (χ3n) is 3.96. The molecule has 4 heteroatoms. The predicted molar refractivity (Wildman–Crippen MR) is 88.5 cm³/mol. The molecular formula is C18H34O4. The van der Waals surface area contributed by atoms with Crippen molar-refractivity contribution in [2.75, 3.05) is 13.2 Å². The Labute approximate surface area is 135 Å². The van der Waals surface area contributed by atoms with Crippen LogP contribution in [0.25, 0.3) is 0 Å². The number of ether oxygens (including phenoxy) is 2. The minimum absolute atomic E-state index is 0.198. The van der Waals surface area contributed by atoms with Gasteiger partial charge in [0.25, 0.3) is 0 Å². The van der Waals surface area contributed by atoms with E-state index in [9.17, 15) is 9.59 Å². The van der Waals surface area contributed by atoms with Crippen LogP contribution in [-0.2, 0) is 19.1 Å². The summed E-state index contributed by atoms with van der Waals surface area (Å²) >= 11 is 0. The highest BCUT2D eigenvalue weighted by Gasteiger charge is 2.27. The number of hydrogen-bond acceptors (Lipinski definition) is 4. The molecule has 130 valence electrons. The first-order valence-corrected chi connectivity index (χ1v) is 8.90. The molecule has 0 aromatic heterocycles. The third kappa shape index (κ3) is 11.6. The molecule has 0 heterocycles. The first-order chi connectivity index (χ1) is 10.6. The average Bonchev–Trinajstić information content (AvgIpc) is 3.31. The molecule has 0 saturated heterocycles. The molecule has 1 saturated carbocycles. The van der Waals surface area contributed by atoms with Gasteiger partial charge in [-0.1, -0.05) is 26.7 Å². The van der Waals surface area contributed by atoms with Gasteiger partial charge in [0.2, 0.25) is 0 Å². The summed E-state index contributed by atoms with van der Waals surface area (Å²) in [6, 6.07) is 0. The van der Waals surface area contributed by atoms with Gasteiger partial charge in [-0.3, -0.25) is 9.59 Å². The van der Waals surface area contributed by atoms with Crippen LogP contribution in [0.2, 0.25) is 0 Å². The lowest BCUT2D eigenvalue weighted by atomic mass is 9.98. The molecule has 0 radical (unpaired) electrons. The smallest absolute Gasteiger partial charge is 0.305 e. The van der Waals surface area contributed by atoms with Gasteiger partial charge in [0, 0.05) is 12.8 Å². The summed E-state index contributed by atoms with van der Waals surface area (Å²) in [6.45, 7) is 9.00. The quantitative estimate of drug-likeness (QED) is 0.440. The Morgan fingerprint density at radius 3 is 1.50 bits per heavy atom. The van der Waals surface area contributed by atoms with Crippen molar-refractivity contribution in [2.24, 2.45) is 11.8 Å². The summed E-state index contributed by atoms with van der Waals surface area (Å²) in [5.74, 6) is 1.80. The lowest BCUT2D eigenvalue weighted by Gasteiger charge is -2.08. The molecule has 1 aliphatic carbocycles. The second kappa shape index (κ2) is 13.6. The van der Waals surface area contributed by atoms with Crippen molar-refractivity contribution in [3.05, 3.63) is 0 Å². The molecule has 0 unspecified atom stereocenters. The van der Waals surface area contributed by atoms with Gasteiger partial charge in [0.1, 0.15) is 0 Å². The standard InChI is InChI=1S/C10H18O4.C8H16/c1-3-13-9(11)7-5-6-8-10(12)14-4-2;1-3-7(4-2)8-5-6-8/h3-8H2,1-2H3;7-8H,3-6H2,1-2H3. The topological polar surface area (TPSA) is 52.6 Å². The van der Waals surface area contributed by atoms with Crippen molar-refractivity contribution in [1.29, 1.82) is 0 Å². The molecule has 0 aliphatic heterocycles. The molecule has 22 heavy (non-hydrogen) atoms. The highest BCUT2D eigenvalue weighted by Crippen LogP contribution is 2.39. The molecule has 0 N–H and O–H groups in total. The van der Waals surface area contributed by atoms with Gasteiger partial charge in [0.05, 0.1) is 13.2 Å². The average molecular weight is 314 g/mol. The highest BCUT2D eigenvalue weighted by molar-refractivity contribution is 5.70. The number of esters is 2. The summed E-state index contributed by atoms with van der Waals surface area (Å²) < 4.78 is 9.48. The fraction of sp³-hybridized carbons (Fsp3) is 0.889. The summed E-state index contributed by atoms with van der Waals surface area (Å²) in [5.41, 5.74) is 0. The monoisotopic (exact) mass is 314 g/mol. The molecule has 1 aliphatic rings. The second-order valence-electron chi connectivity index (χ2n) is 5.73. The summed E-state index contributed by atoms with van der Waals surface area (Å²) in [7, 11) is 0. The van der Waals surface area contributed by atoms with Crippen LogP contribution >= 0.6 is 0 Å². The van der Waals surface area contributed by atoms with Gasteiger partial charge >= 0.3 is 11.9 Å². The number of rotatable bonds is 10. The molecular weight excluding hydrogens is 280 g/mol. The second-order valence-corrected chi connectivity index (χ2v) is 5.73. The number of unbranched alkanes of at least 4 members (excludes halogenated alkanes) is 1. The fourth-order valence-electron chi connectivity index (χ4n) is 2.53. The van der Waals surface area contributed by atoms with Crippen LogP contribution in [-0.4, -0.2) is 25.2 Å². The minimum atomic E-state index is -0.198. The largest absolute Gasteiger partial charge is 0.466 e. The van der Waals surface area contributed by atoms with Crippen LogP contribution in [0.1, 0.15) is 79.1 Å². The zero-order valence-corrected chi connectivity index (χ0v) is 14.9. The summed E-state index contributed by atoms with van der Waals surface area (Å²) in [6.07, 6.45) is 7.97. The van der Waals surface area contributed by atoms with E-state index in [0.717, 1.165) is 11.8 Å². The lowest BCUT2D eigenvalue weighted by molar-refractivity contribution is -0.145. The van der Waals surface area contributed by atoms with Crippen molar-refractivity contribution in [3.8, 4) is 0 Å². The Balaban J connectivity index is 0.000000461. The molecule has 0 bridgehead atoms. The van der Waals surface area contributed by atoms with Crippen molar-refractivity contribution < 1.29 is 19.1 Å². The van der Waals surface area contributed by atoms with Gasteiger partial charge in [-0.25, -0.2) is 0 Å². The first kappa shape index (κ1) is 20.9. The zero-order chi connectivity index (χ0) is 16.8. The zero-order valence-electron chi connectivity index (χ0n) is 14.9. The molecule has 4 nitrogen and oxygen atoms in total. The van der Waals surface area contributed by atoms with Crippen LogP contribution in [0.15, 0.2) is 0 Å². The van der Waals surface area contributed by atoms with Crippen LogP contribution in [0.4, 0.5) is 0 Å². The van der Waals surface area contributed by atoms with E-state index in [4.69, 9.17) is 9.47 Å². The third-order valence-corrected chi connectivity index (χ3v) is 3.96. The molecule has 0 atom stereocenters. The predicted octanol–water partition coefficient (Wildman–Crippen LogP) is 4.51. The Hall–Kier alpha value is -1.06. The molecule has 1 fully saturated rings. The normalized spacial score (nSPS) is 13.3. The van der Waals surface area contributed by atoms with E-state index in [1.165, 1.54) is 25.7 Å². The maximum absolute atomic E-state index is 10.9. The van der Waals surface area contributed by atoms with E-state index >= 15 is 0 Å². The summed E-state index contributed by atoms with van der Waals surface area (Å²) in [4.78, 5) is 21.8.